The van der Waals surface area contributed by atoms with E-state index in [0.29, 0.717) is 16.6 Å². The molecule has 2 nitrogen and oxygen atoms in total. The summed E-state index contributed by atoms with van der Waals surface area (Å²) < 4.78 is 0. The monoisotopic (exact) mass is 298 g/mol. The lowest BCUT2D eigenvalue weighted by Crippen LogP contribution is -2.03. The zero-order valence-corrected chi connectivity index (χ0v) is 11.9. The van der Waals surface area contributed by atoms with Gasteiger partial charge in [-0.25, -0.2) is 0 Å². The molecule has 2 N–H and O–H groups in total. The van der Waals surface area contributed by atoms with Crippen LogP contribution in [0.15, 0.2) is 41.4 Å². The first-order valence-corrected chi connectivity index (χ1v) is 7.15. The number of halogens is 2. The van der Waals surface area contributed by atoms with Crippen LogP contribution < -0.4 is 5.73 Å². The number of aromatic nitrogens is 1. The zero-order valence-electron chi connectivity index (χ0n) is 9.57. The van der Waals surface area contributed by atoms with Crippen molar-refractivity contribution in [3.8, 4) is 0 Å². The van der Waals surface area contributed by atoms with Crippen LogP contribution in [0.4, 0.5) is 0 Å². The number of hydrogen-bond donors (Lipinski definition) is 1. The van der Waals surface area contributed by atoms with Gasteiger partial charge >= 0.3 is 0 Å². The number of thioether (sulfide) groups is 1. The summed E-state index contributed by atoms with van der Waals surface area (Å²) in [5, 5.41) is 1.40. The van der Waals surface area contributed by atoms with E-state index in [1.54, 1.807) is 30.1 Å². The summed E-state index contributed by atoms with van der Waals surface area (Å²) >= 11 is 13.7. The molecule has 1 aromatic heterocycles. The molecule has 2 aromatic rings. The predicted octanol–water partition coefficient (Wildman–Crippen LogP) is 4.14. The Bertz CT molecular complexity index is 546. The Morgan fingerprint density at radius 3 is 2.83 bits per heavy atom. The van der Waals surface area contributed by atoms with E-state index in [1.165, 1.54) is 0 Å². The Morgan fingerprint density at radius 2 is 2.06 bits per heavy atom. The Morgan fingerprint density at radius 1 is 1.22 bits per heavy atom. The van der Waals surface area contributed by atoms with Crippen molar-refractivity contribution in [2.45, 2.75) is 17.2 Å². The van der Waals surface area contributed by atoms with Gasteiger partial charge in [0.1, 0.15) is 0 Å². The highest BCUT2D eigenvalue weighted by Gasteiger charge is 2.06. The second kappa shape index (κ2) is 6.43. The number of hydrogen-bond acceptors (Lipinski definition) is 3. The molecule has 1 heterocycles. The molecule has 0 aliphatic carbocycles. The highest BCUT2D eigenvalue weighted by molar-refractivity contribution is 7.98. The van der Waals surface area contributed by atoms with Crippen LogP contribution in [0.1, 0.15) is 11.3 Å². The van der Waals surface area contributed by atoms with Crippen molar-refractivity contribution in [3.05, 3.63) is 57.8 Å². The zero-order chi connectivity index (χ0) is 13.0. The van der Waals surface area contributed by atoms with Gasteiger partial charge in [-0.3, -0.25) is 4.98 Å². The molecule has 2 rings (SSSR count). The minimum Gasteiger partial charge on any atom is -0.325 e. The van der Waals surface area contributed by atoms with Crippen LogP contribution in [-0.4, -0.2) is 4.98 Å². The van der Waals surface area contributed by atoms with Gasteiger partial charge in [-0.2, -0.15) is 0 Å². The third kappa shape index (κ3) is 3.39. The van der Waals surface area contributed by atoms with E-state index < -0.39 is 0 Å². The maximum atomic E-state index is 6.12. The largest absolute Gasteiger partial charge is 0.325 e. The standard InChI is InChI=1S/C13H12Cl2N2S/c14-10-3-4-11(15)13(6-10)18-8-9-2-1-5-17-12(9)7-16/h1-6H,7-8,16H2. The normalized spacial score (nSPS) is 10.6. The van der Waals surface area contributed by atoms with Gasteiger partial charge in [0, 0.05) is 28.4 Å². The number of rotatable bonds is 4. The number of pyridine rings is 1. The summed E-state index contributed by atoms with van der Waals surface area (Å²) in [5.41, 5.74) is 7.70. The maximum absolute atomic E-state index is 6.12. The molecule has 0 unspecified atom stereocenters. The first-order chi connectivity index (χ1) is 8.70. The number of benzene rings is 1. The first kappa shape index (κ1) is 13.7. The van der Waals surface area contributed by atoms with Crippen molar-refractivity contribution < 1.29 is 0 Å². The van der Waals surface area contributed by atoms with Crippen LogP contribution in [0.25, 0.3) is 0 Å². The van der Waals surface area contributed by atoms with E-state index in [9.17, 15) is 0 Å². The van der Waals surface area contributed by atoms with Gasteiger partial charge in [0.2, 0.25) is 0 Å². The fourth-order valence-electron chi connectivity index (χ4n) is 1.53. The molecular formula is C13H12Cl2N2S. The van der Waals surface area contributed by atoms with Crippen molar-refractivity contribution in [1.29, 1.82) is 0 Å². The molecule has 0 aliphatic heterocycles. The molecule has 0 radical (unpaired) electrons. The molecule has 0 amide bonds. The lowest BCUT2D eigenvalue weighted by atomic mass is 10.2. The van der Waals surface area contributed by atoms with Gasteiger partial charge in [0.15, 0.2) is 0 Å². The van der Waals surface area contributed by atoms with E-state index >= 15 is 0 Å². The molecule has 0 saturated carbocycles. The van der Waals surface area contributed by atoms with E-state index in [4.69, 9.17) is 28.9 Å². The molecule has 0 fully saturated rings. The van der Waals surface area contributed by atoms with Crippen LogP contribution >= 0.6 is 35.0 Å². The molecule has 0 saturated heterocycles. The molecule has 1 aromatic carbocycles. The summed E-state index contributed by atoms with van der Waals surface area (Å²) in [6.45, 7) is 0.444. The molecule has 94 valence electrons. The molecule has 0 aliphatic rings. The van der Waals surface area contributed by atoms with Crippen LogP contribution in [0.5, 0.6) is 0 Å². The highest BCUT2D eigenvalue weighted by Crippen LogP contribution is 2.32. The van der Waals surface area contributed by atoms with E-state index in [0.717, 1.165) is 21.9 Å². The molecule has 0 spiro atoms. The van der Waals surface area contributed by atoms with Crippen molar-refractivity contribution in [2.24, 2.45) is 5.73 Å². The van der Waals surface area contributed by atoms with Crippen LogP contribution in [0, 0.1) is 0 Å². The van der Waals surface area contributed by atoms with Crippen molar-refractivity contribution in [1.82, 2.24) is 4.98 Å². The second-order valence-electron chi connectivity index (χ2n) is 3.68. The molecule has 0 atom stereocenters. The van der Waals surface area contributed by atoms with E-state index in [2.05, 4.69) is 4.98 Å². The van der Waals surface area contributed by atoms with Crippen LogP contribution in [-0.2, 0) is 12.3 Å². The van der Waals surface area contributed by atoms with Gasteiger partial charge in [-0.1, -0.05) is 29.3 Å². The van der Waals surface area contributed by atoms with Crippen LogP contribution in [0.2, 0.25) is 10.0 Å². The topological polar surface area (TPSA) is 38.9 Å². The quantitative estimate of drug-likeness (QED) is 0.862. The SMILES string of the molecule is NCc1ncccc1CSc1cc(Cl)ccc1Cl. The van der Waals surface area contributed by atoms with Crippen molar-refractivity contribution in [2.75, 3.05) is 0 Å². The Kier molecular flexibility index (Phi) is 4.89. The Balaban J connectivity index is 2.14. The second-order valence-corrected chi connectivity index (χ2v) is 5.54. The molecule has 5 heteroatoms. The minimum atomic E-state index is 0.444. The average Bonchev–Trinajstić information content (AvgIpc) is 2.40. The summed E-state index contributed by atoms with van der Waals surface area (Å²) in [6.07, 6.45) is 1.75. The molecule has 18 heavy (non-hydrogen) atoms. The van der Waals surface area contributed by atoms with Gasteiger partial charge in [-0.15, -0.1) is 11.8 Å². The summed E-state index contributed by atoms with van der Waals surface area (Å²) in [7, 11) is 0. The van der Waals surface area contributed by atoms with Gasteiger partial charge in [0.25, 0.3) is 0 Å². The number of nitrogens with zero attached hydrogens (tertiary/aromatic N) is 1. The maximum Gasteiger partial charge on any atom is 0.0579 e. The van der Waals surface area contributed by atoms with Crippen molar-refractivity contribution >= 4 is 35.0 Å². The lowest BCUT2D eigenvalue weighted by molar-refractivity contribution is 0.964. The molecule has 0 bridgehead atoms. The fourth-order valence-corrected chi connectivity index (χ4v) is 3.04. The highest BCUT2D eigenvalue weighted by atomic mass is 35.5. The summed E-state index contributed by atoms with van der Waals surface area (Å²) in [5.74, 6) is 0.778. The van der Waals surface area contributed by atoms with E-state index in [-0.39, 0.29) is 0 Å². The number of nitrogens with two attached hydrogens (primary N) is 1. The third-order valence-corrected chi connectivity index (χ3v) is 4.24. The van der Waals surface area contributed by atoms with Crippen molar-refractivity contribution in [3.63, 3.8) is 0 Å². The summed E-state index contributed by atoms with van der Waals surface area (Å²) in [4.78, 5) is 5.22. The average molecular weight is 299 g/mol. The smallest absolute Gasteiger partial charge is 0.0579 e. The predicted molar refractivity (Wildman–Crippen MR) is 78.2 cm³/mol. The minimum absolute atomic E-state index is 0.444. The first-order valence-electron chi connectivity index (χ1n) is 5.41. The van der Waals surface area contributed by atoms with Gasteiger partial charge in [0.05, 0.1) is 10.7 Å². The Hall–Kier alpha value is -0.740. The third-order valence-electron chi connectivity index (χ3n) is 2.45. The lowest BCUT2D eigenvalue weighted by Gasteiger charge is -2.07. The Labute approximate surface area is 121 Å². The molecular weight excluding hydrogens is 287 g/mol. The van der Waals surface area contributed by atoms with Gasteiger partial charge in [-0.05, 0) is 29.8 Å². The van der Waals surface area contributed by atoms with Gasteiger partial charge < -0.3 is 5.73 Å². The summed E-state index contributed by atoms with van der Waals surface area (Å²) in [6, 6.07) is 9.39. The van der Waals surface area contributed by atoms with Crippen LogP contribution in [0.3, 0.4) is 0 Å². The van der Waals surface area contributed by atoms with E-state index in [1.807, 2.05) is 18.2 Å². The fraction of sp³-hybridized carbons (Fsp3) is 0.154.